The first kappa shape index (κ1) is 16.5. The molecule has 0 saturated carbocycles. The number of fused-ring (bicyclic) bond motifs is 1. The fourth-order valence-electron chi connectivity index (χ4n) is 1.95. The summed E-state index contributed by atoms with van der Waals surface area (Å²) >= 11 is 0. The first-order chi connectivity index (χ1) is 9.22. The van der Waals surface area contributed by atoms with Gasteiger partial charge in [-0.05, 0) is 25.6 Å². The minimum absolute atomic E-state index is 0. The average molecular weight is 297 g/mol. The van der Waals surface area contributed by atoms with Crippen molar-refractivity contribution in [2.75, 3.05) is 19.6 Å². The molecule has 2 rings (SSSR count). The third kappa shape index (κ3) is 3.99. The zero-order chi connectivity index (χ0) is 13.7. The van der Waals surface area contributed by atoms with Crippen LogP contribution in [0, 0.1) is 0 Å². The van der Waals surface area contributed by atoms with Gasteiger partial charge in [-0.2, -0.15) is 0 Å². The standard InChI is InChI=1S/C15H20N2O2.ClH/c1-3-16-8-9-17-15(18)11(2)14-10-12-6-4-5-7-13(12)19-14;/h4-7,10-11,16H,3,8-9H2,1-2H3,(H,17,18);1H. The minimum Gasteiger partial charge on any atom is -0.460 e. The van der Waals surface area contributed by atoms with Crippen molar-refractivity contribution in [2.45, 2.75) is 19.8 Å². The van der Waals surface area contributed by atoms with E-state index in [0.717, 1.165) is 24.1 Å². The van der Waals surface area contributed by atoms with E-state index < -0.39 is 0 Å². The lowest BCUT2D eigenvalue weighted by Gasteiger charge is -2.09. The van der Waals surface area contributed by atoms with Crippen LogP contribution < -0.4 is 10.6 Å². The van der Waals surface area contributed by atoms with E-state index in [1.807, 2.05) is 44.2 Å². The van der Waals surface area contributed by atoms with Crippen LogP contribution in [-0.2, 0) is 4.79 Å². The van der Waals surface area contributed by atoms with E-state index in [0.29, 0.717) is 12.3 Å². The number of likely N-dealkylation sites (N-methyl/N-ethyl adjacent to an activating group) is 1. The molecule has 0 radical (unpaired) electrons. The van der Waals surface area contributed by atoms with Gasteiger partial charge in [0.25, 0.3) is 0 Å². The molecule has 2 N–H and O–H groups in total. The topological polar surface area (TPSA) is 54.3 Å². The number of benzene rings is 1. The Labute approximate surface area is 125 Å². The molecule has 4 nitrogen and oxygen atoms in total. The van der Waals surface area contributed by atoms with Gasteiger partial charge in [-0.1, -0.05) is 25.1 Å². The summed E-state index contributed by atoms with van der Waals surface area (Å²) in [5.41, 5.74) is 0.824. The largest absolute Gasteiger partial charge is 0.460 e. The molecule has 0 spiro atoms. The van der Waals surface area contributed by atoms with Gasteiger partial charge in [0.1, 0.15) is 11.3 Å². The second-order valence-electron chi connectivity index (χ2n) is 4.55. The summed E-state index contributed by atoms with van der Waals surface area (Å²) < 4.78 is 5.70. The van der Waals surface area contributed by atoms with Gasteiger partial charge in [0.2, 0.25) is 5.91 Å². The second-order valence-corrected chi connectivity index (χ2v) is 4.55. The Morgan fingerprint density at radius 1 is 1.30 bits per heavy atom. The summed E-state index contributed by atoms with van der Waals surface area (Å²) in [4.78, 5) is 12.0. The summed E-state index contributed by atoms with van der Waals surface area (Å²) in [5.74, 6) is 0.438. The molecule has 1 heterocycles. The van der Waals surface area contributed by atoms with Gasteiger partial charge >= 0.3 is 0 Å². The molecule has 1 unspecified atom stereocenters. The first-order valence-electron chi connectivity index (χ1n) is 6.69. The van der Waals surface area contributed by atoms with Gasteiger partial charge in [0.15, 0.2) is 0 Å². The number of carbonyl (C=O) groups is 1. The molecule has 0 aliphatic rings. The normalized spacial score (nSPS) is 11.9. The SMILES string of the molecule is CCNCCNC(=O)C(C)c1cc2ccccc2o1.Cl. The number of halogens is 1. The Bertz CT molecular complexity index is 521. The van der Waals surface area contributed by atoms with Gasteiger partial charge in [0, 0.05) is 18.5 Å². The number of rotatable bonds is 6. The van der Waals surface area contributed by atoms with Crippen molar-refractivity contribution in [3.05, 3.63) is 36.1 Å². The lowest BCUT2D eigenvalue weighted by molar-refractivity contribution is -0.122. The highest BCUT2D eigenvalue weighted by molar-refractivity contribution is 5.85. The predicted octanol–water partition coefficient (Wildman–Crippen LogP) is 2.68. The Kier molecular flexibility index (Phi) is 6.55. The van der Waals surface area contributed by atoms with Crippen LogP contribution in [0.15, 0.2) is 34.7 Å². The van der Waals surface area contributed by atoms with Crippen LogP contribution in [-0.4, -0.2) is 25.5 Å². The molecular weight excluding hydrogens is 276 g/mol. The van der Waals surface area contributed by atoms with E-state index >= 15 is 0 Å². The smallest absolute Gasteiger partial charge is 0.230 e. The van der Waals surface area contributed by atoms with E-state index in [-0.39, 0.29) is 24.2 Å². The molecule has 110 valence electrons. The molecular formula is C15H21ClN2O2. The molecule has 1 aromatic carbocycles. The van der Waals surface area contributed by atoms with Crippen molar-refractivity contribution >= 4 is 29.3 Å². The Hall–Kier alpha value is -1.52. The zero-order valence-corrected chi connectivity index (χ0v) is 12.6. The number of hydrogen-bond acceptors (Lipinski definition) is 3. The summed E-state index contributed by atoms with van der Waals surface area (Å²) in [7, 11) is 0. The lowest BCUT2D eigenvalue weighted by Crippen LogP contribution is -2.34. The molecule has 0 aliphatic heterocycles. The fraction of sp³-hybridized carbons (Fsp3) is 0.400. The molecule has 1 atom stereocenters. The first-order valence-corrected chi connectivity index (χ1v) is 6.69. The van der Waals surface area contributed by atoms with Crippen molar-refractivity contribution in [2.24, 2.45) is 0 Å². The van der Waals surface area contributed by atoms with Crippen LogP contribution in [0.1, 0.15) is 25.5 Å². The van der Waals surface area contributed by atoms with Crippen molar-refractivity contribution in [3.63, 3.8) is 0 Å². The maximum absolute atomic E-state index is 12.0. The highest BCUT2D eigenvalue weighted by atomic mass is 35.5. The molecule has 0 saturated heterocycles. The highest BCUT2D eigenvalue weighted by Gasteiger charge is 2.18. The number of amides is 1. The maximum atomic E-state index is 12.0. The number of para-hydroxylation sites is 1. The van der Waals surface area contributed by atoms with E-state index in [4.69, 9.17) is 4.42 Å². The third-order valence-corrected chi connectivity index (χ3v) is 3.12. The van der Waals surface area contributed by atoms with Crippen LogP contribution in [0.2, 0.25) is 0 Å². The molecule has 0 aliphatic carbocycles. The predicted molar refractivity (Wildman–Crippen MR) is 83.4 cm³/mol. The molecule has 0 bridgehead atoms. The monoisotopic (exact) mass is 296 g/mol. The fourth-order valence-corrected chi connectivity index (χ4v) is 1.95. The summed E-state index contributed by atoms with van der Waals surface area (Å²) in [6.45, 7) is 6.24. The Morgan fingerprint density at radius 3 is 2.75 bits per heavy atom. The summed E-state index contributed by atoms with van der Waals surface area (Å²) in [5, 5.41) is 7.10. The van der Waals surface area contributed by atoms with Gasteiger partial charge in [-0.25, -0.2) is 0 Å². The number of nitrogens with one attached hydrogen (secondary N) is 2. The van der Waals surface area contributed by atoms with Gasteiger partial charge < -0.3 is 15.1 Å². The zero-order valence-electron chi connectivity index (χ0n) is 11.8. The van der Waals surface area contributed by atoms with E-state index in [2.05, 4.69) is 10.6 Å². The molecule has 20 heavy (non-hydrogen) atoms. The van der Waals surface area contributed by atoms with Gasteiger partial charge in [0.05, 0.1) is 5.92 Å². The Balaban J connectivity index is 0.00000200. The van der Waals surface area contributed by atoms with E-state index in [1.54, 1.807) is 0 Å². The summed E-state index contributed by atoms with van der Waals surface area (Å²) in [6.07, 6.45) is 0. The van der Waals surface area contributed by atoms with Crippen LogP contribution >= 0.6 is 12.4 Å². The highest BCUT2D eigenvalue weighted by Crippen LogP contribution is 2.24. The van der Waals surface area contributed by atoms with Crippen molar-refractivity contribution in [3.8, 4) is 0 Å². The van der Waals surface area contributed by atoms with Gasteiger partial charge in [-0.15, -0.1) is 12.4 Å². The summed E-state index contributed by atoms with van der Waals surface area (Å²) in [6, 6.07) is 9.72. The second kappa shape index (κ2) is 7.92. The number of furan rings is 1. The van der Waals surface area contributed by atoms with Crippen LogP contribution in [0.25, 0.3) is 11.0 Å². The van der Waals surface area contributed by atoms with E-state index in [9.17, 15) is 4.79 Å². The Morgan fingerprint density at radius 2 is 2.05 bits per heavy atom. The van der Waals surface area contributed by atoms with Crippen LogP contribution in [0.4, 0.5) is 0 Å². The lowest BCUT2D eigenvalue weighted by atomic mass is 10.1. The number of carbonyl (C=O) groups excluding carboxylic acids is 1. The quantitative estimate of drug-likeness (QED) is 0.806. The average Bonchev–Trinajstić information content (AvgIpc) is 2.86. The van der Waals surface area contributed by atoms with Crippen LogP contribution in [0.5, 0.6) is 0 Å². The number of hydrogen-bond donors (Lipinski definition) is 2. The molecule has 0 fully saturated rings. The van der Waals surface area contributed by atoms with Crippen molar-refractivity contribution < 1.29 is 9.21 Å². The molecule has 5 heteroatoms. The maximum Gasteiger partial charge on any atom is 0.230 e. The third-order valence-electron chi connectivity index (χ3n) is 3.12. The molecule has 2 aromatic rings. The molecule has 1 aromatic heterocycles. The minimum atomic E-state index is -0.269. The molecule has 1 amide bonds. The van der Waals surface area contributed by atoms with Crippen LogP contribution in [0.3, 0.4) is 0 Å². The van der Waals surface area contributed by atoms with Gasteiger partial charge in [-0.3, -0.25) is 4.79 Å². The van der Waals surface area contributed by atoms with E-state index in [1.165, 1.54) is 0 Å². The van der Waals surface area contributed by atoms with Crippen molar-refractivity contribution in [1.82, 2.24) is 10.6 Å². The van der Waals surface area contributed by atoms with Crippen molar-refractivity contribution in [1.29, 1.82) is 0 Å².